The van der Waals surface area contributed by atoms with Gasteiger partial charge in [-0.25, -0.2) is 0 Å². The molecule has 0 spiro atoms. The summed E-state index contributed by atoms with van der Waals surface area (Å²) in [7, 11) is 0. The Bertz CT molecular complexity index is 849. The summed E-state index contributed by atoms with van der Waals surface area (Å²) in [6, 6.07) is 16.6. The van der Waals surface area contributed by atoms with Gasteiger partial charge in [0.2, 0.25) is 12.7 Å². The summed E-state index contributed by atoms with van der Waals surface area (Å²) in [6.45, 7) is 6.34. The highest BCUT2D eigenvalue weighted by Gasteiger charge is 2.26. The molecule has 0 saturated carbocycles. The monoisotopic (exact) mass is 423 g/mol. The molecule has 1 amide bonds. The van der Waals surface area contributed by atoms with Crippen LogP contribution >= 0.6 is 0 Å². The van der Waals surface area contributed by atoms with E-state index in [2.05, 4.69) is 36.1 Å². The predicted octanol–water partition coefficient (Wildman–Crippen LogP) is 3.22. The van der Waals surface area contributed by atoms with Gasteiger partial charge in [-0.3, -0.25) is 4.79 Å². The molecule has 5 heteroatoms. The molecule has 5 nitrogen and oxygen atoms in total. The summed E-state index contributed by atoms with van der Waals surface area (Å²) in [5.74, 6) is 1.81. The van der Waals surface area contributed by atoms with Gasteiger partial charge >= 0.3 is 0 Å². The van der Waals surface area contributed by atoms with Crippen LogP contribution in [0.1, 0.15) is 50.2 Å². The minimum atomic E-state index is 0.155. The maximum Gasteiger partial charge on any atom is 0.231 e. The molecule has 0 aliphatic carbocycles. The summed E-state index contributed by atoms with van der Waals surface area (Å²) >= 11 is 0. The van der Waals surface area contributed by atoms with E-state index < -0.39 is 0 Å². The second kappa shape index (κ2) is 10.7. The molecule has 2 aromatic carbocycles. The number of amides is 1. The number of likely N-dealkylation sites (tertiary alicyclic amines) is 1. The van der Waals surface area contributed by atoms with E-state index in [0.29, 0.717) is 13.0 Å². The fraction of sp³-hybridized carbons (Fsp3) is 0.500. The van der Waals surface area contributed by atoms with E-state index in [1.54, 1.807) is 4.90 Å². The van der Waals surface area contributed by atoms with Crippen molar-refractivity contribution in [2.75, 3.05) is 26.4 Å². The van der Waals surface area contributed by atoms with Crippen molar-refractivity contribution in [2.24, 2.45) is 0 Å². The van der Waals surface area contributed by atoms with Gasteiger partial charge in [-0.1, -0.05) is 42.5 Å². The minimum absolute atomic E-state index is 0.155. The van der Waals surface area contributed by atoms with Gasteiger partial charge in [0.25, 0.3) is 0 Å². The van der Waals surface area contributed by atoms with Crippen molar-refractivity contribution >= 4 is 5.91 Å². The number of carbonyl (C=O) groups excluding carboxylic acids is 1. The van der Waals surface area contributed by atoms with Crippen molar-refractivity contribution in [3.63, 3.8) is 0 Å². The Labute approximate surface area is 185 Å². The van der Waals surface area contributed by atoms with Crippen LogP contribution in [-0.2, 0) is 17.8 Å². The van der Waals surface area contributed by atoms with Crippen LogP contribution in [0.4, 0.5) is 0 Å². The second-order valence-electron chi connectivity index (χ2n) is 8.86. The molecule has 4 rings (SSSR count). The highest BCUT2D eigenvalue weighted by Crippen LogP contribution is 2.36. The number of hydrogen-bond donors (Lipinski definition) is 1. The van der Waals surface area contributed by atoms with E-state index in [-0.39, 0.29) is 18.7 Å². The Morgan fingerprint density at radius 1 is 1.03 bits per heavy atom. The Balaban J connectivity index is 1.44. The molecular weight excluding hydrogens is 388 g/mol. The second-order valence-corrected chi connectivity index (χ2v) is 8.86. The lowest BCUT2D eigenvalue weighted by Crippen LogP contribution is -3.12. The number of rotatable bonds is 9. The van der Waals surface area contributed by atoms with Crippen LogP contribution in [0, 0.1) is 0 Å². The van der Waals surface area contributed by atoms with E-state index in [1.807, 2.05) is 24.3 Å². The van der Waals surface area contributed by atoms with Crippen LogP contribution in [0.3, 0.4) is 0 Å². The summed E-state index contributed by atoms with van der Waals surface area (Å²) in [5.41, 5.74) is 2.34. The molecule has 0 radical (unpaired) electrons. The van der Waals surface area contributed by atoms with Gasteiger partial charge < -0.3 is 19.3 Å². The standard InChI is InChI=1S/C26H34N2O3/c1-21(13-14-22-9-4-2-5-10-22)28(25(29)15-18-27-16-6-3-7-17-27)19-23-11-8-12-24-26(23)31-20-30-24/h2,4-5,8-12,21H,3,6-7,13-20H2,1H3/p+1/t21-/m1/s1. The molecule has 2 aromatic rings. The zero-order chi connectivity index (χ0) is 21.5. The molecule has 1 fully saturated rings. The van der Waals surface area contributed by atoms with E-state index >= 15 is 0 Å². The van der Waals surface area contributed by atoms with Gasteiger partial charge in [-0.2, -0.15) is 0 Å². The third-order valence-corrected chi connectivity index (χ3v) is 6.62. The van der Waals surface area contributed by atoms with E-state index in [0.717, 1.165) is 36.4 Å². The largest absolute Gasteiger partial charge is 0.454 e. The number of para-hydroxylation sites is 1. The van der Waals surface area contributed by atoms with Gasteiger partial charge in [-0.15, -0.1) is 0 Å². The zero-order valence-corrected chi connectivity index (χ0v) is 18.6. The van der Waals surface area contributed by atoms with Gasteiger partial charge in [-0.05, 0) is 50.7 Å². The van der Waals surface area contributed by atoms with Crippen LogP contribution in [0.5, 0.6) is 11.5 Å². The van der Waals surface area contributed by atoms with Crippen molar-refractivity contribution < 1.29 is 19.2 Å². The molecule has 1 saturated heterocycles. The third-order valence-electron chi connectivity index (χ3n) is 6.62. The molecule has 166 valence electrons. The normalized spacial score (nSPS) is 16.8. The van der Waals surface area contributed by atoms with Crippen LogP contribution in [0.15, 0.2) is 48.5 Å². The van der Waals surface area contributed by atoms with Crippen molar-refractivity contribution in [1.29, 1.82) is 0 Å². The first-order valence-corrected chi connectivity index (χ1v) is 11.7. The highest BCUT2D eigenvalue weighted by molar-refractivity contribution is 5.76. The number of nitrogens with zero attached hydrogens (tertiary/aromatic N) is 1. The maximum absolute atomic E-state index is 13.4. The van der Waals surface area contributed by atoms with Crippen LogP contribution in [0.2, 0.25) is 0 Å². The average molecular weight is 424 g/mol. The third kappa shape index (κ3) is 5.79. The Hall–Kier alpha value is -2.53. The molecule has 0 unspecified atom stereocenters. The van der Waals surface area contributed by atoms with Gasteiger partial charge in [0.15, 0.2) is 11.5 Å². The molecule has 2 aliphatic rings. The highest BCUT2D eigenvalue weighted by atomic mass is 16.7. The smallest absolute Gasteiger partial charge is 0.231 e. The van der Waals surface area contributed by atoms with Crippen molar-refractivity contribution in [1.82, 2.24) is 4.90 Å². The molecule has 1 atom stereocenters. The Morgan fingerprint density at radius 3 is 2.65 bits per heavy atom. The van der Waals surface area contributed by atoms with Gasteiger partial charge in [0.05, 0.1) is 26.1 Å². The molecule has 31 heavy (non-hydrogen) atoms. The lowest BCUT2D eigenvalue weighted by molar-refractivity contribution is -0.904. The summed E-state index contributed by atoms with van der Waals surface area (Å²) < 4.78 is 11.3. The topological polar surface area (TPSA) is 43.2 Å². The van der Waals surface area contributed by atoms with Crippen molar-refractivity contribution in [3.8, 4) is 11.5 Å². The SMILES string of the molecule is C[C@H](CCc1ccccc1)N(Cc1cccc2c1OCO2)C(=O)CC[NH+]1CCCCC1. The molecule has 0 bridgehead atoms. The quantitative estimate of drug-likeness (QED) is 0.674. The predicted molar refractivity (Wildman–Crippen MR) is 121 cm³/mol. The minimum Gasteiger partial charge on any atom is -0.454 e. The molecule has 0 aromatic heterocycles. The first kappa shape index (κ1) is 21.7. The number of quaternary nitrogens is 1. The molecule has 2 heterocycles. The maximum atomic E-state index is 13.4. The number of aryl methyl sites for hydroxylation is 1. The number of piperidine rings is 1. The lowest BCUT2D eigenvalue weighted by atomic mass is 10.0. The van der Waals surface area contributed by atoms with Crippen LogP contribution in [-0.4, -0.2) is 43.3 Å². The first-order valence-electron chi connectivity index (χ1n) is 11.7. The number of ether oxygens (including phenoxy) is 2. The average Bonchev–Trinajstić information content (AvgIpc) is 3.30. The van der Waals surface area contributed by atoms with E-state index in [4.69, 9.17) is 9.47 Å². The molecule has 1 N–H and O–H groups in total. The van der Waals surface area contributed by atoms with Gasteiger partial charge in [0, 0.05) is 18.2 Å². The number of carbonyl (C=O) groups is 1. The van der Waals surface area contributed by atoms with Crippen LogP contribution in [0.25, 0.3) is 0 Å². The number of nitrogens with one attached hydrogen (secondary N) is 1. The van der Waals surface area contributed by atoms with Gasteiger partial charge in [0.1, 0.15) is 0 Å². The summed E-state index contributed by atoms with van der Waals surface area (Å²) in [5, 5.41) is 0. The number of hydrogen-bond acceptors (Lipinski definition) is 3. The van der Waals surface area contributed by atoms with E-state index in [1.165, 1.54) is 37.9 Å². The van der Waals surface area contributed by atoms with Crippen LogP contribution < -0.4 is 14.4 Å². The molecular formula is C26H35N2O3+. The molecule has 2 aliphatic heterocycles. The summed E-state index contributed by atoms with van der Waals surface area (Å²) in [4.78, 5) is 17.0. The Kier molecular flexibility index (Phi) is 7.47. The number of benzene rings is 2. The van der Waals surface area contributed by atoms with Crippen molar-refractivity contribution in [3.05, 3.63) is 59.7 Å². The zero-order valence-electron chi connectivity index (χ0n) is 18.6. The summed E-state index contributed by atoms with van der Waals surface area (Å²) in [6.07, 6.45) is 6.43. The first-order chi connectivity index (χ1) is 15.2. The van der Waals surface area contributed by atoms with Crippen molar-refractivity contribution in [2.45, 2.75) is 58.0 Å². The lowest BCUT2D eigenvalue weighted by Gasteiger charge is -2.31. The fourth-order valence-corrected chi connectivity index (χ4v) is 4.69. The Morgan fingerprint density at radius 2 is 1.84 bits per heavy atom. The number of fused-ring (bicyclic) bond motifs is 1. The fourth-order valence-electron chi connectivity index (χ4n) is 4.69. The van der Waals surface area contributed by atoms with E-state index in [9.17, 15) is 4.79 Å².